The number of nitrogens with zero attached hydrogens (tertiary/aromatic N) is 1. The van der Waals surface area contributed by atoms with Crippen LogP contribution in [0.5, 0.6) is 0 Å². The van der Waals surface area contributed by atoms with E-state index in [1.807, 2.05) is 0 Å². The van der Waals surface area contributed by atoms with E-state index in [0.29, 0.717) is 18.2 Å². The molecular formula is C17H10F6N2O5. The molecule has 0 bridgehead atoms. The number of halogens is 6. The van der Waals surface area contributed by atoms with Crippen molar-refractivity contribution in [3.8, 4) is 0 Å². The summed E-state index contributed by atoms with van der Waals surface area (Å²) in [7, 11) is 0. The van der Waals surface area contributed by atoms with Gasteiger partial charge >= 0.3 is 18.3 Å². The Hall–Kier alpha value is -3.64. The summed E-state index contributed by atoms with van der Waals surface area (Å²) in [6.45, 7) is -1.20. The van der Waals surface area contributed by atoms with Crippen molar-refractivity contribution >= 4 is 23.3 Å². The van der Waals surface area contributed by atoms with E-state index in [-0.39, 0.29) is 6.07 Å². The first-order valence-electron chi connectivity index (χ1n) is 7.79. The first-order chi connectivity index (χ1) is 13.8. The Morgan fingerprint density at radius 3 is 2.13 bits per heavy atom. The number of ether oxygens (including phenoxy) is 1. The lowest BCUT2D eigenvalue weighted by atomic mass is 10.1. The quantitative estimate of drug-likeness (QED) is 0.324. The number of esters is 1. The number of nitro groups is 1. The number of anilines is 1. The van der Waals surface area contributed by atoms with Gasteiger partial charge in [0.1, 0.15) is 0 Å². The molecule has 1 amide bonds. The van der Waals surface area contributed by atoms with Gasteiger partial charge in [-0.2, -0.15) is 26.3 Å². The number of carbonyl (C=O) groups is 2. The Kier molecular flexibility index (Phi) is 6.33. The summed E-state index contributed by atoms with van der Waals surface area (Å²) in [6.07, 6.45) is -9.94. The lowest BCUT2D eigenvalue weighted by Gasteiger charge is -2.14. The van der Waals surface area contributed by atoms with Gasteiger partial charge in [0.25, 0.3) is 11.6 Å². The minimum atomic E-state index is -5.06. The van der Waals surface area contributed by atoms with Crippen molar-refractivity contribution in [1.29, 1.82) is 0 Å². The maximum Gasteiger partial charge on any atom is 0.418 e. The molecule has 30 heavy (non-hydrogen) atoms. The molecule has 0 fully saturated rings. The van der Waals surface area contributed by atoms with Crippen LogP contribution in [-0.4, -0.2) is 23.4 Å². The Morgan fingerprint density at radius 2 is 1.57 bits per heavy atom. The number of non-ortho nitro benzene ring substituents is 1. The number of hydrogen-bond acceptors (Lipinski definition) is 5. The number of alkyl halides is 6. The summed E-state index contributed by atoms with van der Waals surface area (Å²) in [5, 5.41) is 12.4. The molecule has 2 rings (SSSR count). The zero-order valence-electron chi connectivity index (χ0n) is 14.5. The molecular weight excluding hydrogens is 426 g/mol. The van der Waals surface area contributed by atoms with Crippen LogP contribution < -0.4 is 5.32 Å². The highest BCUT2D eigenvalue weighted by molar-refractivity contribution is 5.96. The first-order valence-corrected chi connectivity index (χ1v) is 7.79. The van der Waals surface area contributed by atoms with Crippen molar-refractivity contribution in [3.63, 3.8) is 0 Å². The van der Waals surface area contributed by atoms with Gasteiger partial charge in [-0.15, -0.1) is 0 Å². The smallest absolute Gasteiger partial charge is 0.418 e. The highest BCUT2D eigenvalue weighted by Crippen LogP contribution is 2.37. The number of amides is 1. The summed E-state index contributed by atoms with van der Waals surface area (Å²) >= 11 is 0. The van der Waals surface area contributed by atoms with Gasteiger partial charge < -0.3 is 10.1 Å². The highest BCUT2D eigenvalue weighted by atomic mass is 19.4. The van der Waals surface area contributed by atoms with Crippen LogP contribution in [0.3, 0.4) is 0 Å². The molecule has 0 atom stereocenters. The molecule has 0 aliphatic rings. The second-order valence-electron chi connectivity index (χ2n) is 5.65. The van der Waals surface area contributed by atoms with E-state index in [1.54, 1.807) is 5.32 Å². The zero-order chi connectivity index (χ0) is 22.7. The van der Waals surface area contributed by atoms with E-state index in [4.69, 9.17) is 0 Å². The molecule has 0 saturated carbocycles. The summed E-state index contributed by atoms with van der Waals surface area (Å²) in [6, 6.07) is 5.10. The van der Waals surface area contributed by atoms with E-state index in [0.717, 1.165) is 18.2 Å². The molecule has 160 valence electrons. The maximum atomic E-state index is 13.1. The first kappa shape index (κ1) is 22.6. The number of rotatable bonds is 5. The summed E-state index contributed by atoms with van der Waals surface area (Å²) in [5.41, 5.74) is -5.46. The van der Waals surface area contributed by atoms with Gasteiger partial charge in [-0.3, -0.25) is 14.9 Å². The lowest BCUT2D eigenvalue weighted by molar-refractivity contribution is -0.385. The van der Waals surface area contributed by atoms with Crippen molar-refractivity contribution in [3.05, 3.63) is 69.3 Å². The van der Waals surface area contributed by atoms with Crippen LogP contribution >= 0.6 is 0 Å². The second-order valence-corrected chi connectivity index (χ2v) is 5.65. The molecule has 7 nitrogen and oxygen atoms in total. The molecule has 1 N–H and O–H groups in total. The third-order valence-electron chi connectivity index (χ3n) is 3.58. The summed E-state index contributed by atoms with van der Waals surface area (Å²) in [5.74, 6) is -2.81. The predicted octanol–water partition coefficient (Wildman–Crippen LogP) is 4.43. The topological polar surface area (TPSA) is 98.5 Å². The molecule has 2 aromatic rings. The minimum Gasteiger partial charge on any atom is -0.452 e. The molecule has 0 unspecified atom stereocenters. The number of hydrogen-bond donors (Lipinski definition) is 1. The average molecular weight is 436 g/mol. The van der Waals surface area contributed by atoms with Gasteiger partial charge in [0.15, 0.2) is 6.61 Å². The third-order valence-corrected chi connectivity index (χ3v) is 3.58. The Labute approximate surface area is 163 Å². The Bertz CT molecular complexity index is 987. The van der Waals surface area contributed by atoms with Crippen LogP contribution in [0.15, 0.2) is 42.5 Å². The van der Waals surface area contributed by atoms with Gasteiger partial charge in [-0.05, 0) is 18.2 Å². The molecule has 2 aromatic carbocycles. The fraction of sp³-hybridized carbons (Fsp3) is 0.176. The van der Waals surface area contributed by atoms with Crippen molar-refractivity contribution in [2.75, 3.05) is 11.9 Å². The van der Waals surface area contributed by atoms with Crippen LogP contribution in [0.2, 0.25) is 0 Å². The standard InChI is InChI=1S/C17H10F6N2O5/c18-16(19,20)11-4-2-1-3-10(11)15(27)30-8-14(26)24-13-6-5-9(25(28)29)7-12(13)17(21,22)23/h1-7H,8H2,(H,24,26). The van der Waals surface area contributed by atoms with Gasteiger partial charge in [0.2, 0.25) is 0 Å². The van der Waals surface area contributed by atoms with E-state index in [2.05, 4.69) is 4.74 Å². The van der Waals surface area contributed by atoms with E-state index < -0.39 is 63.8 Å². The SMILES string of the molecule is O=C(COC(=O)c1ccccc1C(F)(F)F)Nc1ccc([N+](=O)[O-])cc1C(F)(F)F. The van der Waals surface area contributed by atoms with Gasteiger partial charge in [-0.25, -0.2) is 4.79 Å². The summed E-state index contributed by atoms with van der Waals surface area (Å²) < 4.78 is 82.3. The highest BCUT2D eigenvalue weighted by Gasteiger charge is 2.37. The van der Waals surface area contributed by atoms with E-state index in [1.165, 1.54) is 0 Å². The number of carbonyl (C=O) groups excluding carboxylic acids is 2. The molecule has 0 radical (unpaired) electrons. The third kappa shape index (κ3) is 5.46. The molecule has 13 heteroatoms. The number of nitrogens with one attached hydrogen (secondary N) is 1. The second kappa shape index (κ2) is 8.39. The number of benzene rings is 2. The zero-order valence-corrected chi connectivity index (χ0v) is 14.5. The Morgan fingerprint density at radius 1 is 0.967 bits per heavy atom. The fourth-order valence-electron chi connectivity index (χ4n) is 2.29. The van der Waals surface area contributed by atoms with Crippen molar-refractivity contribution in [2.45, 2.75) is 12.4 Å². The van der Waals surface area contributed by atoms with Gasteiger partial charge in [0, 0.05) is 12.1 Å². The number of nitro benzene ring substituents is 1. The van der Waals surface area contributed by atoms with Crippen LogP contribution in [-0.2, 0) is 21.9 Å². The average Bonchev–Trinajstić information content (AvgIpc) is 2.64. The van der Waals surface area contributed by atoms with Gasteiger partial charge in [-0.1, -0.05) is 12.1 Å². The van der Waals surface area contributed by atoms with Crippen molar-refractivity contribution in [1.82, 2.24) is 0 Å². The van der Waals surface area contributed by atoms with Crippen LogP contribution in [0, 0.1) is 10.1 Å². The molecule has 0 heterocycles. The van der Waals surface area contributed by atoms with E-state index >= 15 is 0 Å². The van der Waals surface area contributed by atoms with Crippen molar-refractivity contribution < 1.29 is 45.6 Å². The van der Waals surface area contributed by atoms with Crippen LogP contribution in [0.4, 0.5) is 37.7 Å². The van der Waals surface area contributed by atoms with Crippen LogP contribution in [0.1, 0.15) is 21.5 Å². The van der Waals surface area contributed by atoms with Crippen molar-refractivity contribution in [2.24, 2.45) is 0 Å². The predicted molar refractivity (Wildman–Crippen MR) is 88.5 cm³/mol. The minimum absolute atomic E-state index is 0.196. The normalized spacial score (nSPS) is 11.7. The van der Waals surface area contributed by atoms with Gasteiger partial charge in [0.05, 0.1) is 27.3 Å². The molecule has 0 aliphatic heterocycles. The fourth-order valence-corrected chi connectivity index (χ4v) is 2.29. The summed E-state index contributed by atoms with van der Waals surface area (Å²) in [4.78, 5) is 33.2. The largest absolute Gasteiger partial charge is 0.452 e. The Balaban J connectivity index is 2.14. The molecule has 0 saturated heterocycles. The van der Waals surface area contributed by atoms with E-state index in [9.17, 15) is 46.0 Å². The monoisotopic (exact) mass is 436 g/mol. The van der Waals surface area contributed by atoms with Crippen LogP contribution in [0.25, 0.3) is 0 Å². The molecule has 0 aromatic heterocycles. The lowest BCUT2D eigenvalue weighted by Crippen LogP contribution is -2.24. The maximum absolute atomic E-state index is 13.1. The molecule has 0 aliphatic carbocycles. The molecule has 0 spiro atoms.